The number of amides is 1. The van der Waals surface area contributed by atoms with Crippen LogP contribution in [0.1, 0.15) is 61.0 Å². The first-order valence-electron chi connectivity index (χ1n) is 8.82. The summed E-state index contributed by atoms with van der Waals surface area (Å²) >= 11 is 5.63. The van der Waals surface area contributed by atoms with Gasteiger partial charge in [0.1, 0.15) is 0 Å². The Bertz CT molecular complexity index is 783. The second kappa shape index (κ2) is 8.24. The van der Waals surface area contributed by atoms with Gasteiger partial charge in [-0.3, -0.25) is 4.79 Å². The highest BCUT2D eigenvalue weighted by Crippen LogP contribution is 2.33. The van der Waals surface area contributed by atoms with Crippen LogP contribution in [0.4, 0.5) is 13.2 Å². The average molecular weight is 402 g/mol. The normalized spacial score (nSPS) is 16.6. The summed E-state index contributed by atoms with van der Waals surface area (Å²) in [6.45, 7) is 0. The summed E-state index contributed by atoms with van der Waals surface area (Å²) in [6, 6.07) is 2.44. The Morgan fingerprint density at radius 1 is 1.11 bits per heavy atom. The third-order valence-electron chi connectivity index (χ3n) is 4.56. The van der Waals surface area contributed by atoms with Crippen LogP contribution in [0.2, 0.25) is 5.15 Å². The number of rotatable bonds is 3. The lowest BCUT2D eigenvalue weighted by Gasteiger charge is -2.21. The van der Waals surface area contributed by atoms with Gasteiger partial charge in [-0.05, 0) is 25.0 Å². The summed E-state index contributed by atoms with van der Waals surface area (Å²) in [7, 11) is 0. The molecule has 0 radical (unpaired) electrons. The predicted octanol–water partition coefficient (Wildman–Crippen LogP) is 4.18. The van der Waals surface area contributed by atoms with Gasteiger partial charge < -0.3 is 5.32 Å². The Balaban J connectivity index is 1.88. The molecule has 1 aliphatic carbocycles. The van der Waals surface area contributed by atoms with Crippen molar-refractivity contribution >= 4 is 17.5 Å². The maximum atomic E-state index is 13.6. The van der Waals surface area contributed by atoms with E-state index in [1.54, 1.807) is 0 Å². The number of hydrogen-bond donors (Lipinski definition) is 1. The number of aromatic nitrogens is 4. The number of nitrogens with one attached hydrogen (secondary N) is 1. The van der Waals surface area contributed by atoms with Crippen LogP contribution >= 0.6 is 11.6 Å². The molecule has 0 spiro atoms. The van der Waals surface area contributed by atoms with Crippen molar-refractivity contribution < 1.29 is 18.0 Å². The molecule has 1 amide bonds. The van der Waals surface area contributed by atoms with E-state index in [0.29, 0.717) is 4.68 Å². The molecule has 1 saturated carbocycles. The van der Waals surface area contributed by atoms with E-state index in [1.807, 2.05) is 0 Å². The second-order valence-electron chi connectivity index (χ2n) is 6.55. The quantitative estimate of drug-likeness (QED) is 0.837. The van der Waals surface area contributed by atoms with Crippen molar-refractivity contribution in [3.05, 3.63) is 34.7 Å². The minimum absolute atomic E-state index is 0.0433. The number of carbonyl (C=O) groups is 1. The first-order valence-corrected chi connectivity index (χ1v) is 9.20. The van der Waals surface area contributed by atoms with Gasteiger partial charge in [0.15, 0.2) is 16.7 Å². The zero-order valence-electron chi connectivity index (χ0n) is 14.5. The van der Waals surface area contributed by atoms with Crippen LogP contribution in [0.15, 0.2) is 18.3 Å². The van der Waals surface area contributed by atoms with Crippen molar-refractivity contribution in [3.8, 4) is 5.82 Å². The molecule has 146 valence electrons. The Labute approximate surface area is 159 Å². The van der Waals surface area contributed by atoms with E-state index in [9.17, 15) is 18.0 Å². The van der Waals surface area contributed by atoms with Crippen molar-refractivity contribution in [2.75, 3.05) is 0 Å². The van der Waals surface area contributed by atoms with Gasteiger partial charge in [0.25, 0.3) is 5.91 Å². The van der Waals surface area contributed by atoms with Crippen LogP contribution in [-0.2, 0) is 6.18 Å². The van der Waals surface area contributed by atoms with E-state index >= 15 is 0 Å². The molecule has 6 nitrogen and oxygen atoms in total. The molecule has 10 heteroatoms. The van der Waals surface area contributed by atoms with Crippen LogP contribution in [0.5, 0.6) is 0 Å². The van der Waals surface area contributed by atoms with Gasteiger partial charge in [0.05, 0.1) is 11.8 Å². The van der Waals surface area contributed by atoms with Crippen molar-refractivity contribution in [2.45, 2.75) is 57.2 Å². The molecule has 0 aliphatic heterocycles. The van der Waals surface area contributed by atoms with Crippen molar-refractivity contribution in [2.24, 2.45) is 0 Å². The molecular weight excluding hydrogens is 383 g/mol. The van der Waals surface area contributed by atoms with E-state index < -0.39 is 23.3 Å². The smallest absolute Gasteiger partial charge is 0.349 e. The number of carbonyl (C=O) groups excluding carboxylic acids is 1. The number of hydrogen-bond acceptors (Lipinski definition) is 4. The summed E-state index contributed by atoms with van der Waals surface area (Å²) in [5, 5.41) is 13.7. The Hall–Kier alpha value is -2.16. The lowest BCUT2D eigenvalue weighted by atomic mass is 9.96. The Morgan fingerprint density at radius 2 is 1.78 bits per heavy atom. The number of nitrogens with zero attached hydrogens (tertiary/aromatic N) is 4. The SMILES string of the molecule is O=C(NC1CCCCCCC1)c1cnn(-c2ccc(Cl)nn2)c1C(F)(F)F. The molecule has 0 bridgehead atoms. The Kier molecular flexibility index (Phi) is 5.98. The molecule has 0 saturated heterocycles. The maximum absolute atomic E-state index is 13.6. The van der Waals surface area contributed by atoms with Gasteiger partial charge in [-0.2, -0.15) is 18.3 Å². The van der Waals surface area contributed by atoms with Crippen LogP contribution in [0.25, 0.3) is 5.82 Å². The minimum atomic E-state index is -4.79. The van der Waals surface area contributed by atoms with E-state index in [2.05, 4.69) is 20.6 Å². The minimum Gasteiger partial charge on any atom is -0.349 e. The van der Waals surface area contributed by atoms with Crippen LogP contribution in [0.3, 0.4) is 0 Å². The fourth-order valence-electron chi connectivity index (χ4n) is 3.25. The number of halogens is 4. The van der Waals surface area contributed by atoms with Crippen molar-refractivity contribution in [3.63, 3.8) is 0 Å². The van der Waals surface area contributed by atoms with Gasteiger partial charge in [0, 0.05) is 6.04 Å². The summed E-state index contributed by atoms with van der Waals surface area (Å²) in [5.41, 5.74) is -1.70. The molecular formula is C17H19ClF3N5O. The highest BCUT2D eigenvalue weighted by atomic mass is 35.5. The molecule has 2 aromatic rings. The third-order valence-corrected chi connectivity index (χ3v) is 4.76. The van der Waals surface area contributed by atoms with Crippen LogP contribution < -0.4 is 5.32 Å². The standard InChI is InChI=1S/C17H19ClF3N5O/c18-13-8-9-14(25-24-13)26-15(17(19,20)21)12(10-22-26)16(27)23-11-6-4-2-1-3-5-7-11/h8-11H,1-7H2,(H,23,27). The average Bonchev–Trinajstić information content (AvgIpc) is 3.03. The molecule has 3 rings (SSSR count). The molecule has 2 heterocycles. The molecule has 1 N–H and O–H groups in total. The highest BCUT2D eigenvalue weighted by Gasteiger charge is 2.41. The third kappa shape index (κ3) is 4.77. The Morgan fingerprint density at radius 3 is 2.37 bits per heavy atom. The molecule has 1 fully saturated rings. The van der Waals surface area contributed by atoms with E-state index in [-0.39, 0.29) is 17.0 Å². The van der Waals surface area contributed by atoms with Gasteiger partial charge in [-0.25, -0.2) is 4.68 Å². The van der Waals surface area contributed by atoms with Crippen LogP contribution in [0, 0.1) is 0 Å². The largest absolute Gasteiger partial charge is 0.434 e. The van der Waals surface area contributed by atoms with Crippen LogP contribution in [-0.4, -0.2) is 31.9 Å². The van der Waals surface area contributed by atoms with Gasteiger partial charge in [-0.1, -0.05) is 43.7 Å². The summed E-state index contributed by atoms with van der Waals surface area (Å²) < 4.78 is 41.5. The topological polar surface area (TPSA) is 72.7 Å². The number of alkyl halides is 3. The van der Waals surface area contributed by atoms with E-state index in [1.165, 1.54) is 12.1 Å². The zero-order chi connectivity index (χ0) is 19.4. The summed E-state index contributed by atoms with van der Waals surface area (Å²) in [6.07, 6.45) is 2.89. The zero-order valence-corrected chi connectivity index (χ0v) is 15.2. The first-order chi connectivity index (χ1) is 12.9. The summed E-state index contributed by atoms with van der Waals surface area (Å²) in [4.78, 5) is 12.6. The monoisotopic (exact) mass is 401 g/mol. The molecule has 0 aromatic carbocycles. The van der Waals surface area contributed by atoms with E-state index in [4.69, 9.17) is 11.6 Å². The fourth-order valence-corrected chi connectivity index (χ4v) is 3.35. The lowest BCUT2D eigenvalue weighted by Crippen LogP contribution is -2.36. The van der Waals surface area contributed by atoms with Gasteiger partial charge in [-0.15, -0.1) is 10.2 Å². The van der Waals surface area contributed by atoms with Crippen molar-refractivity contribution in [1.82, 2.24) is 25.3 Å². The molecule has 0 unspecified atom stereocenters. The second-order valence-corrected chi connectivity index (χ2v) is 6.93. The fraction of sp³-hybridized carbons (Fsp3) is 0.529. The molecule has 1 aliphatic rings. The first kappa shape index (κ1) is 19.6. The molecule has 0 atom stereocenters. The highest BCUT2D eigenvalue weighted by molar-refractivity contribution is 6.29. The molecule has 27 heavy (non-hydrogen) atoms. The molecule has 2 aromatic heterocycles. The van der Waals surface area contributed by atoms with Gasteiger partial charge in [0.2, 0.25) is 0 Å². The predicted molar refractivity (Wildman–Crippen MR) is 92.7 cm³/mol. The summed E-state index contributed by atoms with van der Waals surface area (Å²) in [5.74, 6) is -0.946. The van der Waals surface area contributed by atoms with E-state index in [0.717, 1.165) is 51.1 Å². The van der Waals surface area contributed by atoms with Crippen molar-refractivity contribution in [1.29, 1.82) is 0 Å². The maximum Gasteiger partial charge on any atom is 0.434 e. The lowest BCUT2D eigenvalue weighted by molar-refractivity contribution is -0.143. The van der Waals surface area contributed by atoms with Gasteiger partial charge >= 0.3 is 6.18 Å².